The fraction of sp³-hybridized carbons (Fsp3) is 0.0370. The Morgan fingerprint density at radius 1 is 0.865 bits per heavy atom. The third kappa shape index (κ3) is 5.64. The number of sulfonamides is 1. The van der Waals surface area contributed by atoms with E-state index in [1.165, 1.54) is 30.3 Å². The first-order valence-corrected chi connectivity index (χ1v) is 13.9. The molecule has 0 bridgehead atoms. The van der Waals surface area contributed by atoms with Crippen LogP contribution in [0.2, 0.25) is 5.02 Å². The average molecular weight is 549 g/mol. The molecular weight excluding hydrogens is 528 g/mol. The van der Waals surface area contributed by atoms with Gasteiger partial charge in [0, 0.05) is 20.4 Å². The standard InChI is InChI=1S/C27H21ClN4O3S2/c1-17(18-12-13-26-24(15-18)29-23-10-2-3-11-25(23)36-26)30-31-27(33)19-6-4-9-22(14-19)37(34,35)32-21-8-5-7-20(28)16-21/h2-16,29,32H,1H3,(H,31,33). The summed E-state index contributed by atoms with van der Waals surface area (Å²) in [6.45, 7) is 1.79. The van der Waals surface area contributed by atoms with E-state index in [4.69, 9.17) is 11.6 Å². The van der Waals surface area contributed by atoms with E-state index < -0.39 is 15.9 Å². The summed E-state index contributed by atoms with van der Waals surface area (Å²) >= 11 is 7.63. The molecule has 0 fully saturated rings. The number of carbonyl (C=O) groups excluding carboxylic acids is 1. The van der Waals surface area contributed by atoms with Crippen LogP contribution in [0, 0.1) is 0 Å². The van der Waals surface area contributed by atoms with Gasteiger partial charge >= 0.3 is 0 Å². The van der Waals surface area contributed by atoms with E-state index in [1.807, 2.05) is 36.4 Å². The van der Waals surface area contributed by atoms with Gasteiger partial charge in [0.1, 0.15) is 0 Å². The zero-order valence-electron chi connectivity index (χ0n) is 19.5. The van der Waals surface area contributed by atoms with Gasteiger partial charge in [-0.15, -0.1) is 0 Å². The maximum Gasteiger partial charge on any atom is 0.271 e. The SMILES string of the molecule is CC(=NNC(=O)c1cccc(S(=O)(=O)Nc2cccc(Cl)c2)c1)c1ccc2c(c1)Nc1ccccc1S2. The quantitative estimate of drug-likeness (QED) is 0.166. The second kappa shape index (κ2) is 10.3. The number of hydrogen-bond acceptors (Lipinski definition) is 6. The number of carbonyl (C=O) groups is 1. The molecule has 1 aliphatic heterocycles. The van der Waals surface area contributed by atoms with Crippen LogP contribution in [0.1, 0.15) is 22.8 Å². The number of benzene rings is 4. The number of halogens is 1. The Balaban J connectivity index is 1.30. The molecule has 10 heteroatoms. The van der Waals surface area contributed by atoms with E-state index in [-0.39, 0.29) is 10.5 Å². The Morgan fingerprint density at radius 3 is 2.49 bits per heavy atom. The normalized spacial score (nSPS) is 12.6. The van der Waals surface area contributed by atoms with Crippen LogP contribution in [0.4, 0.5) is 17.1 Å². The van der Waals surface area contributed by atoms with Crippen LogP contribution < -0.4 is 15.5 Å². The third-order valence-corrected chi connectivity index (χ3v) is 8.35. The minimum atomic E-state index is -3.92. The van der Waals surface area contributed by atoms with Crippen LogP contribution in [0.15, 0.2) is 111 Å². The highest BCUT2D eigenvalue weighted by Gasteiger charge is 2.18. The molecule has 0 spiro atoms. The maximum atomic E-state index is 12.8. The van der Waals surface area contributed by atoms with Gasteiger partial charge in [-0.1, -0.05) is 53.7 Å². The first-order valence-electron chi connectivity index (χ1n) is 11.2. The molecule has 7 nitrogen and oxygen atoms in total. The molecule has 1 aliphatic rings. The van der Waals surface area contributed by atoms with Crippen LogP contribution in [0.5, 0.6) is 0 Å². The predicted octanol–water partition coefficient (Wildman–Crippen LogP) is 6.50. The van der Waals surface area contributed by atoms with Crippen LogP contribution in [-0.2, 0) is 10.0 Å². The predicted molar refractivity (Wildman–Crippen MR) is 149 cm³/mol. The van der Waals surface area contributed by atoms with Crippen molar-refractivity contribution in [2.75, 3.05) is 10.0 Å². The summed E-state index contributed by atoms with van der Waals surface area (Å²) < 4.78 is 28.1. The minimum Gasteiger partial charge on any atom is -0.354 e. The van der Waals surface area contributed by atoms with Gasteiger partial charge in [-0.05, 0) is 73.2 Å². The first kappa shape index (κ1) is 24.9. The van der Waals surface area contributed by atoms with Crippen LogP contribution in [0.3, 0.4) is 0 Å². The second-order valence-corrected chi connectivity index (χ2v) is 11.4. The summed E-state index contributed by atoms with van der Waals surface area (Å²) in [7, 11) is -3.92. The average Bonchev–Trinajstić information content (AvgIpc) is 2.90. The lowest BCUT2D eigenvalue weighted by Crippen LogP contribution is -2.20. The fourth-order valence-corrected chi connectivity index (χ4v) is 5.95. The summed E-state index contributed by atoms with van der Waals surface area (Å²) in [5.74, 6) is -0.528. The van der Waals surface area contributed by atoms with E-state index in [2.05, 4.69) is 26.6 Å². The molecule has 37 heavy (non-hydrogen) atoms. The molecule has 0 aliphatic carbocycles. The Kier molecular flexibility index (Phi) is 6.92. The van der Waals surface area contributed by atoms with Crippen molar-refractivity contribution >= 4 is 62.1 Å². The summed E-state index contributed by atoms with van der Waals surface area (Å²) in [5.41, 5.74) is 6.45. The highest BCUT2D eigenvalue weighted by Crippen LogP contribution is 2.44. The number of nitrogens with zero attached hydrogens (tertiary/aromatic N) is 1. The molecule has 0 unspecified atom stereocenters. The molecule has 0 atom stereocenters. The number of fused-ring (bicyclic) bond motifs is 2. The largest absolute Gasteiger partial charge is 0.354 e. The summed E-state index contributed by atoms with van der Waals surface area (Å²) in [4.78, 5) is 15.0. The van der Waals surface area contributed by atoms with Crippen molar-refractivity contribution in [3.63, 3.8) is 0 Å². The molecular formula is C27H21ClN4O3S2. The minimum absolute atomic E-state index is 0.0561. The maximum absolute atomic E-state index is 12.8. The molecule has 5 rings (SSSR count). The van der Waals surface area contributed by atoms with Crippen LogP contribution >= 0.6 is 23.4 Å². The lowest BCUT2D eigenvalue weighted by Gasteiger charge is -2.21. The third-order valence-electron chi connectivity index (χ3n) is 5.58. The van der Waals surface area contributed by atoms with Gasteiger partial charge in [0.25, 0.3) is 15.9 Å². The van der Waals surface area contributed by atoms with E-state index in [1.54, 1.807) is 36.9 Å². The van der Waals surface area contributed by atoms with Gasteiger partial charge in [0.2, 0.25) is 0 Å². The van der Waals surface area contributed by atoms with Crippen molar-refractivity contribution in [1.82, 2.24) is 5.43 Å². The zero-order chi connectivity index (χ0) is 26.0. The van der Waals surface area contributed by atoms with Gasteiger partial charge in [-0.2, -0.15) is 5.10 Å². The molecule has 0 radical (unpaired) electrons. The second-order valence-electron chi connectivity index (χ2n) is 8.22. The van der Waals surface area contributed by atoms with Gasteiger partial charge in [-0.25, -0.2) is 13.8 Å². The molecule has 1 amide bonds. The Morgan fingerprint density at radius 2 is 1.65 bits per heavy atom. The number of amides is 1. The van der Waals surface area contributed by atoms with Crippen molar-refractivity contribution in [3.05, 3.63) is 107 Å². The van der Waals surface area contributed by atoms with E-state index in [0.717, 1.165) is 26.7 Å². The molecule has 1 heterocycles. The number of anilines is 3. The Labute approximate surface area is 224 Å². The molecule has 0 saturated heterocycles. The molecule has 4 aromatic rings. The summed E-state index contributed by atoms with van der Waals surface area (Å²) in [6, 6.07) is 26.1. The van der Waals surface area contributed by atoms with Crippen LogP contribution in [-0.4, -0.2) is 20.0 Å². The van der Waals surface area contributed by atoms with Crippen molar-refractivity contribution in [3.8, 4) is 0 Å². The van der Waals surface area contributed by atoms with E-state index in [9.17, 15) is 13.2 Å². The Hall–Kier alpha value is -3.79. The van der Waals surface area contributed by atoms with Crippen molar-refractivity contribution in [2.24, 2.45) is 5.10 Å². The van der Waals surface area contributed by atoms with Crippen LogP contribution in [0.25, 0.3) is 0 Å². The lowest BCUT2D eigenvalue weighted by atomic mass is 10.1. The monoisotopic (exact) mass is 548 g/mol. The molecule has 0 saturated carbocycles. The highest BCUT2D eigenvalue weighted by molar-refractivity contribution is 7.99. The van der Waals surface area contributed by atoms with Crippen molar-refractivity contribution < 1.29 is 13.2 Å². The Bertz CT molecular complexity index is 1660. The van der Waals surface area contributed by atoms with Gasteiger partial charge < -0.3 is 5.32 Å². The number of rotatable bonds is 6. The van der Waals surface area contributed by atoms with E-state index >= 15 is 0 Å². The number of nitrogens with one attached hydrogen (secondary N) is 3. The molecule has 186 valence electrons. The number of hydrazone groups is 1. The molecule has 3 N–H and O–H groups in total. The smallest absolute Gasteiger partial charge is 0.271 e. The molecule has 0 aromatic heterocycles. The topological polar surface area (TPSA) is 99.7 Å². The van der Waals surface area contributed by atoms with Gasteiger partial charge in [0.05, 0.1) is 27.7 Å². The zero-order valence-corrected chi connectivity index (χ0v) is 21.9. The van der Waals surface area contributed by atoms with Crippen molar-refractivity contribution in [2.45, 2.75) is 21.6 Å². The van der Waals surface area contributed by atoms with Gasteiger partial charge in [-0.3, -0.25) is 9.52 Å². The summed E-state index contributed by atoms with van der Waals surface area (Å²) in [5, 5.41) is 8.07. The summed E-state index contributed by atoms with van der Waals surface area (Å²) in [6.07, 6.45) is 0. The van der Waals surface area contributed by atoms with E-state index in [0.29, 0.717) is 16.4 Å². The number of hydrogen-bond donors (Lipinski definition) is 3. The number of para-hydroxylation sites is 1. The fourth-order valence-electron chi connectivity index (χ4n) is 3.70. The van der Waals surface area contributed by atoms with Crippen molar-refractivity contribution in [1.29, 1.82) is 0 Å². The highest BCUT2D eigenvalue weighted by atomic mass is 35.5. The van der Waals surface area contributed by atoms with Gasteiger partial charge in [0.15, 0.2) is 0 Å². The lowest BCUT2D eigenvalue weighted by molar-refractivity contribution is 0.0954. The molecule has 4 aromatic carbocycles. The first-order chi connectivity index (χ1) is 17.8.